The molecule has 1 heterocycles. The molecule has 2 aromatic rings. The van der Waals surface area contributed by atoms with Gasteiger partial charge in [-0.3, -0.25) is 0 Å². The number of carbonyl (C=O) groups is 2. The first kappa shape index (κ1) is 18.0. The number of halogens is 1. The average molecular weight is 360 g/mol. The molecule has 0 radical (unpaired) electrons. The van der Waals surface area contributed by atoms with Crippen LogP contribution in [0.1, 0.15) is 20.7 Å². The fourth-order valence-electron chi connectivity index (χ4n) is 2.56. The summed E-state index contributed by atoms with van der Waals surface area (Å²) >= 11 is 0. The molecule has 0 amide bonds. The van der Waals surface area contributed by atoms with Gasteiger partial charge in [0.1, 0.15) is 12.7 Å². The third-order valence-electron chi connectivity index (χ3n) is 3.91. The molecule has 0 aromatic heterocycles. The molecule has 0 spiro atoms. The highest BCUT2D eigenvalue weighted by Crippen LogP contribution is 2.26. The van der Waals surface area contributed by atoms with Crippen LogP contribution in [0.4, 0.5) is 4.39 Å². The van der Waals surface area contributed by atoms with Crippen LogP contribution in [-0.4, -0.2) is 48.3 Å². The van der Waals surface area contributed by atoms with E-state index in [0.29, 0.717) is 5.56 Å². The normalized spacial score (nSPS) is 24.8. The Morgan fingerprint density at radius 1 is 0.962 bits per heavy atom. The Morgan fingerprint density at radius 3 is 2.08 bits per heavy atom. The summed E-state index contributed by atoms with van der Waals surface area (Å²) < 4.78 is 29.4. The molecule has 1 saturated heterocycles. The number of alkyl halides is 1. The van der Waals surface area contributed by atoms with Crippen molar-refractivity contribution in [1.29, 1.82) is 0 Å². The topological polar surface area (TPSA) is 82.1 Å². The molecule has 7 heteroatoms. The highest BCUT2D eigenvalue weighted by Gasteiger charge is 2.47. The Morgan fingerprint density at radius 2 is 1.50 bits per heavy atom. The lowest BCUT2D eigenvalue weighted by Gasteiger charge is -2.19. The van der Waals surface area contributed by atoms with E-state index in [9.17, 15) is 19.1 Å². The van der Waals surface area contributed by atoms with Gasteiger partial charge in [-0.05, 0) is 24.3 Å². The van der Waals surface area contributed by atoms with Gasteiger partial charge in [0.15, 0.2) is 18.6 Å². The van der Waals surface area contributed by atoms with Crippen molar-refractivity contribution in [3.63, 3.8) is 0 Å². The van der Waals surface area contributed by atoms with Crippen LogP contribution in [-0.2, 0) is 14.2 Å². The summed E-state index contributed by atoms with van der Waals surface area (Å²) in [5.41, 5.74) is 0.557. The first-order chi connectivity index (χ1) is 12.6. The summed E-state index contributed by atoms with van der Waals surface area (Å²) in [4.78, 5) is 24.1. The summed E-state index contributed by atoms with van der Waals surface area (Å²) in [6.07, 6.45) is -6.20. The van der Waals surface area contributed by atoms with Gasteiger partial charge in [-0.15, -0.1) is 0 Å². The molecule has 1 aliphatic rings. The Labute approximate surface area is 149 Å². The lowest BCUT2D eigenvalue weighted by molar-refractivity contribution is -0.122. The third kappa shape index (κ3) is 4.07. The Hall–Kier alpha value is -2.77. The van der Waals surface area contributed by atoms with Crippen LogP contribution in [0.5, 0.6) is 0 Å². The quantitative estimate of drug-likeness (QED) is 0.823. The van der Waals surface area contributed by atoms with Crippen LogP contribution in [0.15, 0.2) is 60.7 Å². The van der Waals surface area contributed by atoms with Crippen molar-refractivity contribution < 1.29 is 33.3 Å². The molecular weight excluding hydrogens is 343 g/mol. The van der Waals surface area contributed by atoms with Crippen LogP contribution in [0.2, 0.25) is 0 Å². The molecule has 1 N–H and O–H groups in total. The molecule has 2 unspecified atom stereocenters. The van der Waals surface area contributed by atoms with E-state index in [4.69, 9.17) is 14.2 Å². The number of ether oxygens (including phenoxy) is 3. The van der Waals surface area contributed by atoms with E-state index in [2.05, 4.69) is 0 Å². The lowest BCUT2D eigenvalue weighted by atomic mass is 10.1. The second-order valence-electron chi connectivity index (χ2n) is 5.71. The minimum Gasteiger partial charge on any atom is -0.459 e. The first-order valence-electron chi connectivity index (χ1n) is 8.02. The summed E-state index contributed by atoms with van der Waals surface area (Å²) in [6.45, 7) is -0.363. The van der Waals surface area contributed by atoms with Gasteiger partial charge in [-0.2, -0.15) is 0 Å². The van der Waals surface area contributed by atoms with E-state index >= 15 is 0 Å². The van der Waals surface area contributed by atoms with Crippen molar-refractivity contribution in [2.75, 3.05) is 6.61 Å². The van der Waals surface area contributed by atoms with Crippen LogP contribution in [0.25, 0.3) is 0 Å². The number of hydrogen-bond donors (Lipinski definition) is 1. The number of aliphatic hydroxyl groups is 1. The molecule has 0 bridgehead atoms. The first-order valence-corrected chi connectivity index (χ1v) is 8.02. The minimum atomic E-state index is -1.94. The maximum Gasteiger partial charge on any atom is 0.338 e. The number of carbonyl (C=O) groups excluding carboxylic acids is 2. The fourth-order valence-corrected chi connectivity index (χ4v) is 2.56. The van der Waals surface area contributed by atoms with Crippen molar-refractivity contribution in [3.8, 4) is 0 Å². The predicted octanol–water partition coefficient (Wildman–Crippen LogP) is 2.12. The van der Waals surface area contributed by atoms with E-state index < -0.39 is 36.6 Å². The van der Waals surface area contributed by atoms with Crippen LogP contribution in [0.3, 0.4) is 0 Å². The molecule has 2 aromatic carbocycles. The summed E-state index contributed by atoms with van der Waals surface area (Å²) in [6, 6.07) is 16.3. The van der Waals surface area contributed by atoms with Gasteiger partial charge in [0.25, 0.3) is 0 Å². The van der Waals surface area contributed by atoms with E-state index in [1.165, 1.54) is 12.1 Å². The van der Waals surface area contributed by atoms with E-state index in [1.54, 1.807) is 48.5 Å². The third-order valence-corrected chi connectivity index (χ3v) is 3.91. The Bertz CT molecular complexity index is 751. The molecule has 4 atom stereocenters. The summed E-state index contributed by atoms with van der Waals surface area (Å²) in [5.74, 6) is -1.38. The molecule has 0 saturated carbocycles. The number of hydrogen-bond acceptors (Lipinski definition) is 6. The zero-order valence-electron chi connectivity index (χ0n) is 13.7. The molecule has 6 nitrogen and oxygen atoms in total. The maximum atomic E-state index is 14.2. The van der Waals surface area contributed by atoms with Crippen molar-refractivity contribution in [1.82, 2.24) is 0 Å². The van der Waals surface area contributed by atoms with E-state index in [0.717, 1.165) is 0 Å². The standard InChI is InChI=1S/C19H17FO6/c20-15-16(26-18(22)13-9-5-2-6-10-13)14(25-19(15)23)11-24-17(21)12-7-3-1-4-8-12/h1-10,14-16,19,23H,11H2/t14-,15+,16?,19?/m1/s1. The highest BCUT2D eigenvalue weighted by molar-refractivity contribution is 5.90. The number of esters is 2. The molecule has 3 rings (SSSR count). The van der Waals surface area contributed by atoms with Gasteiger partial charge in [0.05, 0.1) is 11.1 Å². The maximum absolute atomic E-state index is 14.2. The van der Waals surface area contributed by atoms with Crippen molar-refractivity contribution in [2.45, 2.75) is 24.7 Å². The van der Waals surface area contributed by atoms with Crippen LogP contribution < -0.4 is 0 Å². The second-order valence-corrected chi connectivity index (χ2v) is 5.71. The molecule has 136 valence electrons. The highest BCUT2D eigenvalue weighted by atomic mass is 19.1. The molecule has 26 heavy (non-hydrogen) atoms. The van der Waals surface area contributed by atoms with Crippen LogP contribution >= 0.6 is 0 Å². The number of benzene rings is 2. The molecule has 1 fully saturated rings. The van der Waals surface area contributed by atoms with Crippen LogP contribution in [0, 0.1) is 0 Å². The monoisotopic (exact) mass is 360 g/mol. The zero-order chi connectivity index (χ0) is 18.5. The minimum absolute atomic E-state index is 0.237. The summed E-state index contributed by atoms with van der Waals surface area (Å²) in [5, 5.41) is 9.58. The number of rotatable bonds is 5. The smallest absolute Gasteiger partial charge is 0.338 e. The van der Waals surface area contributed by atoms with E-state index in [1.807, 2.05) is 0 Å². The van der Waals surface area contributed by atoms with Gasteiger partial charge in [0, 0.05) is 0 Å². The summed E-state index contributed by atoms with van der Waals surface area (Å²) in [7, 11) is 0. The Kier molecular flexibility index (Phi) is 5.60. The van der Waals surface area contributed by atoms with E-state index in [-0.39, 0.29) is 12.2 Å². The van der Waals surface area contributed by atoms with Gasteiger partial charge >= 0.3 is 11.9 Å². The molecule has 1 aliphatic heterocycles. The van der Waals surface area contributed by atoms with Crippen molar-refractivity contribution >= 4 is 11.9 Å². The predicted molar refractivity (Wildman–Crippen MR) is 88.1 cm³/mol. The average Bonchev–Trinajstić information content (AvgIpc) is 2.95. The number of aliphatic hydroxyl groups excluding tert-OH is 1. The lowest BCUT2D eigenvalue weighted by Crippen LogP contribution is -2.37. The van der Waals surface area contributed by atoms with Crippen molar-refractivity contribution in [3.05, 3.63) is 71.8 Å². The second kappa shape index (κ2) is 8.07. The Balaban J connectivity index is 1.63. The molecule has 0 aliphatic carbocycles. The van der Waals surface area contributed by atoms with Gasteiger partial charge in [-0.1, -0.05) is 36.4 Å². The largest absolute Gasteiger partial charge is 0.459 e. The SMILES string of the molecule is O=C(OC[C@H]1OC(O)[C@@H](F)C1OC(=O)c1ccccc1)c1ccccc1. The van der Waals surface area contributed by atoms with Gasteiger partial charge in [0.2, 0.25) is 0 Å². The van der Waals surface area contributed by atoms with Gasteiger partial charge < -0.3 is 19.3 Å². The fraction of sp³-hybridized carbons (Fsp3) is 0.263. The van der Waals surface area contributed by atoms with Gasteiger partial charge in [-0.25, -0.2) is 14.0 Å². The van der Waals surface area contributed by atoms with Crippen molar-refractivity contribution in [2.24, 2.45) is 0 Å². The molecular formula is C19H17FO6. The zero-order valence-corrected chi connectivity index (χ0v) is 13.7.